The van der Waals surface area contributed by atoms with Gasteiger partial charge in [0.25, 0.3) is 0 Å². The van der Waals surface area contributed by atoms with Gasteiger partial charge in [-0.25, -0.2) is 0 Å². The van der Waals surface area contributed by atoms with Gasteiger partial charge in [0.15, 0.2) is 22.7 Å². The summed E-state index contributed by atoms with van der Waals surface area (Å²) in [6.07, 6.45) is 0. The SMILES string of the molecule is O=NO.[AlH3].[Ca+2].[H-].[H-]. The van der Waals surface area contributed by atoms with E-state index in [-0.39, 0.29) is 58.0 Å². The van der Waals surface area contributed by atoms with Crippen molar-refractivity contribution in [3.8, 4) is 0 Å². The van der Waals surface area contributed by atoms with Gasteiger partial charge in [0, 0.05) is 0 Å². The van der Waals surface area contributed by atoms with E-state index in [2.05, 4.69) is 0 Å². The molecule has 0 aliphatic heterocycles. The Morgan fingerprint density at radius 3 is 1.80 bits per heavy atom. The Kier molecular flexibility index (Phi) is 62.2. The molecule has 0 aliphatic carbocycles. The van der Waals surface area contributed by atoms with Crippen molar-refractivity contribution >= 4 is 55.1 Å². The maximum absolute atomic E-state index is 8.11. The van der Waals surface area contributed by atoms with Gasteiger partial charge >= 0.3 is 37.7 Å². The Bertz CT molecular complexity index is 23.2. The van der Waals surface area contributed by atoms with Crippen LogP contribution in [0.1, 0.15) is 2.85 Å². The summed E-state index contributed by atoms with van der Waals surface area (Å²) in [7, 11) is 0. The molecule has 0 bridgehead atoms. The molecule has 28 valence electrons. The second-order valence-electron chi connectivity index (χ2n) is 0.0816. The van der Waals surface area contributed by atoms with Crippen LogP contribution in [0.4, 0.5) is 0 Å². The second kappa shape index (κ2) is 19.0. The summed E-state index contributed by atoms with van der Waals surface area (Å²) in [6, 6.07) is 0. The van der Waals surface area contributed by atoms with E-state index < -0.39 is 0 Å². The fourth-order valence-corrected chi connectivity index (χ4v) is 0. The minimum absolute atomic E-state index is 0. The Balaban J connectivity index is -0.00000000333. The Labute approximate surface area is 72.8 Å². The minimum Gasteiger partial charge on any atom is -1.00 e. The van der Waals surface area contributed by atoms with Crippen LogP contribution in [-0.2, 0) is 0 Å². The molecule has 0 saturated heterocycles. The summed E-state index contributed by atoms with van der Waals surface area (Å²) in [5, 5.41) is 7.89. The van der Waals surface area contributed by atoms with Crippen molar-refractivity contribution in [2.24, 2.45) is 5.34 Å². The monoisotopic (exact) mass is 119 g/mol. The van der Waals surface area contributed by atoms with Crippen molar-refractivity contribution in [1.29, 1.82) is 0 Å². The van der Waals surface area contributed by atoms with Crippen LogP contribution >= 0.6 is 0 Å². The van der Waals surface area contributed by atoms with Gasteiger partial charge in [0.1, 0.15) is 0 Å². The van der Waals surface area contributed by atoms with Crippen LogP contribution < -0.4 is 0 Å². The minimum atomic E-state index is 0. The van der Waals surface area contributed by atoms with Crippen molar-refractivity contribution in [2.75, 3.05) is 0 Å². The van der Waals surface area contributed by atoms with Crippen molar-refractivity contribution in [3.63, 3.8) is 0 Å². The summed E-state index contributed by atoms with van der Waals surface area (Å²) in [5.74, 6) is 0. The second-order valence-corrected chi connectivity index (χ2v) is 0.0816. The molecule has 0 radical (unpaired) electrons. The molecule has 0 aromatic carbocycles. The van der Waals surface area contributed by atoms with Gasteiger partial charge < -0.3 is 8.06 Å². The molecule has 0 rings (SSSR count). The molecule has 5 heteroatoms. The van der Waals surface area contributed by atoms with Gasteiger partial charge in [-0.05, 0) is 0 Å². The van der Waals surface area contributed by atoms with Crippen LogP contribution in [0.15, 0.2) is 5.34 Å². The standard InChI is InChI=1S/Al.Ca.HNO2.5H/c;;2-1-3;;;;;/h;;(H,2,3);;;;;/q;+2;;;;;2*-1. The molecule has 0 heterocycles. The third-order valence-corrected chi connectivity index (χ3v) is 0. The fraction of sp³-hybridized carbons (Fsp3) is 0. The molecule has 5 heavy (non-hydrogen) atoms. The molecule has 0 spiro atoms. The van der Waals surface area contributed by atoms with E-state index in [4.69, 9.17) is 10.1 Å². The van der Waals surface area contributed by atoms with Crippen molar-refractivity contribution < 1.29 is 8.06 Å². The first-order valence-electron chi connectivity index (χ1n) is 0.383. The Morgan fingerprint density at radius 2 is 1.80 bits per heavy atom. The molecule has 0 atom stereocenters. The fourth-order valence-electron chi connectivity index (χ4n) is 0. The van der Waals surface area contributed by atoms with Crippen LogP contribution in [0, 0.1) is 4.91 Å². The molecule has 0 fully saturated rings. The molecular formula is H6AlCaNO2. The zero-order chi connectivity index (χ0) is 2.71. The van der Waals surface area contributed by atoms with E-state index in [0.29, 0.717) is 0 Å². The van der Waals surface area contributed by atoms with Crippen molar-refractivity contribution in [3.05, 3.63) is 4.91 Å². The first-order valence-corrected chi connectivity index (χ1v) is 0.383. The molecular weight excluding hydrogens is 113 g/mol. The third-order valence-electron chi connectivity index (χ3n) is 0. The van der Waals surface area contributed by atoms with E-state index in [1.54, 1.807) is 0 Å². The van der Waals surface area contributed by atoms with E-state index >= 15 is 0 Å². The largest absolute Gasteiger partial charge is 2.00 e. The summed E-state index contributed by atoms with van der Waals surface area (Å²) in [6.45, 7) is 0. The molecule has 0 unspecified atom stereocenters. The zero-order valence-electron chi connectivity index (χ0n) is 4.01. The first-order chi connectivity index (χ1) is 1.41. The van der Waals surface area contributed by atoms with Crippen LogP contribution in [0.3, 0.4) is 0 Å². The molecule has 0 aromatic rings. The molecule has 0 amide bonds. The summed E-state index contributed by atoms with van der Waals surface area (Å²) >= 11 is 0. The van der Waals surface area contributed by atoms with Gasteiger partial charge in [-0.15, -0.1) is 4.91 Å². The van der Waals surface area contributed by atoms with E-state index in [1.165, 1.54) is 5.34 Å². The smallest absolute Gasteiger partial charge is 1.00 e. The van der Waals surface area contributed by atoms with Crippen LogP contribution in [0.25, 0.3) is 0 Å². The first kappa shape index (κ1) is 16.4. The van der Waals surface area contributed by atoms with Crippen molar-refractivity contribution in [1.82, 2.24) is 0 Å². The number of hydrogen-bond acceptors (Lipinski definition) is 2. The van der Waals surface area contributed by atoms with Crippen LogP contribution in [-0.4, -0.2) is 60.3 Å². The maximum atomic E-state index is 8.11. The summed E-state index contributed by atoms with van der Waals surface area (Å²) in [5.41, 5.74) is 0. The normalized spacial score (nSPS) is 2.40. The quantitative estimate of drug-likeness (QED) is 0.247. The number of hydrogen-bond donors (Lipinski definition) is 1. The summed E-state index contributed by atoms with van der Waals surface area (Å²) < 4.78 is 0. The number of nitrogens with zero attached hydrogens (tertiary/aromatic N) is 1. The van der Waals surface area contributed by atoms with E-state index in [1.807, 2.05) is 0 Å². The van der Waals surface area contributed by atoms with Crippen molar-refractivity contribution in [2.45, 2.75) is 0 Å². The predicted octanol–water partition coefficient (Wildman–Crippen LogP) is -1.20. The maximum Gasteiger partial charge on any atom is 2.00 e. The zero-order valence-corrected chi connectivity index (χ0v) is 4.22. The van der Waals surface area contributed by atoms with Crippen LogP contribution in [0.2, 0.25) is 0 Å². The molecule has 0 saturated carbocycles. The van der Waals surface area contributed by atoms with Crippen LogP contribution in [0.5, 0.6) is 0 Å². The third kappa shape index (κ3) is 37.2. The van der Waals surface area contributed by atoms with Gasteiger partial charge in [-0.3, -0.25) is 0 Å². The number of rotatable bonds is 0. The van der Waals surface area contributed by atoms with Gasteiger partial charge in [0.05, 0.1) is 0 Å². The van der Waals surface area contributed by atoms with E-state index in [9.17, 15) is 0 Å². The average Bonchev–Trinajstić information content (AvgIpc) is 0.918. The molecule has 1 N–H and O–H groups in total. The topological polar surface area (TPSA) is 49.7 Å². The molecule has 0 aromatic heterocycles. The van der Waals surface area contributed by atoms with Gasteiger partial charge in [-0.1, -0.05) is 0 Å². The average molecular weight is 119 g/mol. The van der Waals surface area contributed by atoms with Gasteiger partial charge in [0.2, 0.25) is 0 Å². The van der Waals surface area contributed by atoms with Gasteiger partial charge in [-0.2, -0.15) is 0 Å². The van der Waals surface area contributed by atoms with E-state index in [0.717, 1.165) is 0 Å². The Hall–Kier alpha value is 1.19. The molecule has 3 nitrogen and oxygen atoms in total. The Morgan fingerprint density at radius 1 is 1.80 bits per heavy atom. The predicted molar refractivity (Wildman–Crippen MR) is 25.5 cm³/mol. The summed E-state index contributed by atoms with van der Waals surface area (Å²) in [4.78, 5) is 8.11. The molecule has 0 aliphatic rings.